The number of quaternary nitrogens is 2. The number of benzene rings is 2. The minimum absolute atomic E-state index is 0.0455. The number of halogens is 1. The zero-order chi connectivity index (χ0) is 22.2. The van der Waals surface area contributed by atoms with Gasteiger partial charge >= 0.3 is 0 Å². The largest absolute Gasteiger partial charge is 0.378 e. The maximum Gasteiger partial charge on any atom is 0.279 e. The number of hydrogen-bond acceptors (Lipinski definition) is 3. The Morgan fingerprint density at radius 3 is 1.97 bits per heavy atom. The summed E-state index contributed by atoms with van der Waals surface area (Å²) < 4.78 is 13.0. The Labute approximate surface area is 182 Å². The Kier molecular flexibility index (Phi) is 7.97. The lowest BCUT2D eigenvalue weighted by atomic mass is 10.2. The van der Waals surface area contributed by atoms with Crippen LogP contribution in [0, 0.1) is 5.82 Å². The topological polar surface area (TPSA) is 70.3 Å². The van der Waals surface area contributed by atoms with Crippen LogP contribution in [0.4, 0.5) is 15.8 Å². The van der Waals surface area contributed by atoms with Crippen molar-refractivity contribution in [1.29, 1.82) is 0 Å². The van der Waals surface area contributed by atoms with Gasteiger partial charge in [-0.1, -0.05) is 12.1 Å². The van der Waals surface area contributed by atoms with Crippen LogP contribution in [0.2, 0.25) is 0 Å². The third-order valence-corrected chi connectivity index (χ3v) is 5.56. The molecule has 0 saturated carbocycles. The number of rotatable bonds is 8. The van der Waals surface area contributed by atoms with Crippen molar-refractivity contribution in [3.8, 4) is 0 Å². The maximum atomic E-state index is 13.0. The smallest absolute Gasteiger partial charge is 0.279 e. The van der Waals surface area contributed by atoms with Gasteiger partial charge in [-0.05, 0) is 42.0 Å². The highest BCUT2D eigenvalue weighted by atomic mass is 19.1. The van der Waals surface area contributed by atoms with Crippen LogP contribution in [0.3, 0.4) is 0 Å². The number of carbonyl (C=O) groups excluding carboxylic acids is 2. The first-order valence-corrected chi connectivity index (χ1v) is 10.6. The van der Waals surface area contributed by atoms with Gasteiger partial charge in [-0.2, -0.15) is 0 Å². The van der Waals surface area contributed by atoms with Gasteiger partial charge in [0.05, 0.1) is 0 Å². The van der Waals surface area contributed by atoms with E-state index in [-0.39, 0.29) is 17.6 Å². The zero-order valence-corrected chi connectivity index (χ0v) is 18.2. The standard InChI is InChI=1S/C23H30FN5O2/c1-27(2)21-9-3-18(4-10-21)15-25-22(30)16-28-11-13-29(14-12-28)17-23(31)26-20-7-5-19(24)6-8-20/h3-10H,11-17H2,1-2H3,(H,25,30)(H,26,31)/p+2. The third-order valence-electron chi connectivity index (χ3n) is 5.56. The molecular weight excluding hydrogens is 397 g/mol. The minimum Gasteiger partial charge on any atom is -0.378 e. The molecular formula is C23H32FN5O2+2. The molecule has 1 fully saturated rings. The predicted octanol–water partition coefficient (Wildman–Crippen LogP) is -1.07. The fraction of sp³-hybridized carbons (Fsp3) is 0.391. The van der Waals surface area contributed by atoms with Crippen molar-refractivity contribution >= 4 is 23.2 Å². The summed E-state index contributed by atoms with van der Waals surface area (Å²) in [4.78, 5) is 29.0. The van der Waals surface area contributed by atoms with E-state index in [0.717, 1.165) is 37.4 Å². The van der Waals surface area contributed by atoms with Gasteiger partial charge in [0.25, 0.3) is 11.8 Å². The lowest BCUT2D eigenvalue weighted by molar-refractivity contribution is -1.00. The molecule has 1 saturated heterocycles. The second kappa shape index (κ2) is 10.9. The SMILES string of the molecule is CN(C)c1ccc(CNC(=O)C[NH+]2CC[NH+](CC(=O)Nc3ccc(F)cc3)CC2)cc1. The number of nitrogens with one attached hydrogen (secondary N) is 4. The molecule has 2 aromatic carbocycles. The Balaban J connectivity index is 1.34. The third kappa shape index (κ3) is 7.34. The molecule has 2 aromatic rings. The molecule has 2 amide bonds. The molecule has 1 aliphatic heterocycles. The van der Waals surface area contributed by atoms with Crippen LogP contribution in [0.5, 0.6) is 0 Å². The van der Waals surface area contributed by atoms with Crippen LogP contribution in [-0.4, -0.2) is 65.2 Å². The van der Waals surface area contributed by atoms with Gasteiger partial charge in [0.1, 0.15) is 32.0 Å². The number of amides is 2. The Morgan fingerprint density at radius 2 is 1.42 bits per heavy atom. The van der Waals surface area contributed by atoms with Gasteiger partial charge in [-0.15, -0.1) is 0 Å². The van der Waals surface area contributed by atoms with E-state index in [0.29, 0.717) is 25.3 Å². The molecule has 0 bridgehead atoms. The molecule has 4 N–H and O–H groups in total. The van der Waals surface area contributed by atoms with Crippen LogP contribution in [0.15, 0.2) is 48.5 Å². The molecule has 166 valence electrons. The fourth-order valence-electron chi connectivity index (χ4n) is 3.68. The van der Waals surface area contributed by atoms with Gasteiger partial charge in [0.2, 0.25) is 0 Å². The molecule has 7 nitrogen and oxygen atoms in total. The molecule has 1 aliphatic rings. The first kappa shape index (κ1) is 22.7. The molecule has 1 heterocycles. The summed E-state index contributed by atoms with van der Waals surface area (Å²) in [5, 5.41) is 5.80. The van der Waals surface area contributed by atoms with Gasteiger partial charge in [0.15, 0.2) is 13.1 Å². The summed E-state index contributed by atoms with van der Waals surface area (Å²) in [5.74, 6) is -0.360. The summed E-state index contributed by atoms with van der Waals surface area (Å²) in [6.07, 6.45) is 0. The summed E-state index contributed by atoms with van der Waals surface area (Å²) in [6, 6.07) is 13.9. The summed E-state index contributed by atoms with van der Waals surface area (Å²) in [7, 11) is 4.00. The molecule has 3 rings (SSSR count). The summed E-state index contributed by atoms with van der Waals surface area (Å²) >= 11 is 0. The molecule has 0 atom stereocenters. The average molecular weight is 430 g/mol. The number of hydrogen-bond donors (Lipinski definition) is 4. The molecule has 31 heavy (non-hydrogen) atoms. The van der Waals surface area contributed by atoms with Crippen molar-refractivity contribution in [3.05, 3.63) is 59.9 Å². The normalized spacial score (nSPS) is 18.3. The van der Waals surface area contributed by atoms with E-state index < -0.39 is 0 Å². The van der Waals surface area contributed by atoms with Gasteiger partial charge in [-0.25, -0.2) is 4.39 Å². The highest BCUT2D eigenvalue weighted by molar-refractivity contribution is 5.91. The summed E-state index contributed by atoms with van der Waals surface area (Å²) in [5.41, 5.74) is 2.81. The van der Waals surface area contributed by atoms with Crippen molar-refractivity contribution in [2.45, 2.75) is 6.54 Å². The van der Waals surface area contributed by atoms with Crippen molar-refractivity contribution < 1.29 is 23.8 Å². The van der Waals surface area contributed by atoms with Crippen LogP contribution < -0.4 is 25.3 Å². The molecule has 0 radical (unpaired) electrons. The second-order valence-electron chi connectivity index (χ2n) is 8.25. The van der Waals surface area contributed by atoms with E-state index >= 15 is 0 Å². The van der Waals surface area contributed by atoms with Crippen molar-refractivity contribution in [3.63, 3.8) is 0 Å². The minimum atomic E-state index is -0.325. The fourth-order valence-corrected chi connectivity index (χ4v) is 3.68. The van der Waals surface area contributed by atoms with E-state index in [2.05, 4.69) is 10.6 Å². The van der Waals surface area contributed by atoms with Crippen molar-refractivity contribution in [1.82, 2.24) is 5.32 Å². The number of nitrogens with zero attached hydrogens (tertiary/aromatic N) is 1. The second-order valence-corrected chi connectivity index (χ2v) is 8.25. The molecule has 0 aliphatic carbocycles. The van der Waals surface area contributed by atoms with Crippen molar-refractivity contribution in [2.24, 2.45) is 0 Å². The van der Waals surface area contributed by atoms with E-state index in [1.54, 1.807) is 12.1 Å². The lowest BCUT2D eigenvalue weighted by Crippen LogP contribution is -3.28. The first-order chi connectivity index (χ1) is 14.9. The molecule has 0 spiro atoms. The number of piperazine rings is 1. The Hall–Kier alpha value is -2.97. The van der Waals surface area contributed by atoms with E-state index in [1.807, 2.05) is 43.3 Å². The highest BCUT2D eigenvalue weighted by Gasteiger charge is 2.26. The van der Waals surface area contributed by atoms with Crippen molar-refractivity contribution in [2.75, 3.05) is 63.6 Å². The van der Waals surface area contributed by atoms with E-state index in [4.69, 9.17) is 0 Å². The maximum absolute atomic E-state index is 13.0. The number of carbonyl (C=O) groups is 2. The Bertz CT molecular complexity index is 863. The van der Waals surface area contributed by atoms with E-state index in [1.165, 1.54) is 21.9 Å². The van der Waals surface area contributed by atoms with Gasteiger partial charge in [-0.3, -0.25) is 9.59 Å². The van der Waals surface area contributed by atoms with Gasteiger partial charge in [0, 0.05) is 32.0 Å². The predicted molar refractivity (Wildman–Crippen MR) is 119 cm³/mol. The van der Waals surface area contributed by atoms with Crippen LogP contribution in [-0.2, 0) is 16.1 Å². The monoisotopic (exact) mass is 429 g/mol. The van der Waals surface area contributed by atoms with Gasteiger partial charge < -0.3 is 25.3 Å². The van der Waals surface area contributed by atoms with Crippen LogP contribution in [0.25, 0.3) is 0 Å². The quantitative estimate of drug-likeness (QED) is 0.432. The lowest BCUT2D eigenvalue weighted by Gasteiger charge is -2.29. The van der Waals surface area contributed by atoms with Crippen LogP contribution in [0.1, 0.15) is 5.56 Å². The molecule has 8 heteroatoms. The average Bonchev–Trinajstić information content (AvgIpc) is 2.75. The molecule has 0 aromatic heterocycles. The summed E-state index contributed by atoms with van der Waals surface area (Å²) in [6.45, 7) is 4.73. The molecule has 0 unspecified atom stereocenters. The zero-order valence-electron chi connectivity index (χ0n) is 18.2. The number of anilines is 2. The van der Waals surface area contributed by atoms with E-state index in [9.17, 15) is 14.0 Å². The Morgan fingerprint density at radius 1 is 0.871 bits per heavy atom. The first-order valence-electron chi connectivity index (χ1n) is 10.6. The highest BCUT2D eigenvalue weighted by Crippen LogP contribution is 2.11. The van der Waals surface area contributed by atoms with Crippen LogP contribution >= 0.6 is 0 Å².